The highest BCUT2D eigenvalue weighted by Crippen LogP contribution is 2.38. The molecule has 0 spiro atoms. The van der Waals surface area contributed by atoms with Gasteiger partial charge in [-0.3, -0.25) is 9.10 Å². The molecule has 0 saturated carbocycles. The van der Waals surface area contributed by atoms with Gasteiger partial charge in [0.15, 0.2) is 6.10 Å². The topological polar surface area (TPSA) is 122 Å². The zero-order valence-corrected chi connectivity index (χ0v) is 23.9. The lowest BCUT2D eigenvalue weighted by Crippen LogP contribution is -2.51. The van der Waals surface area contributed by atoms with E-state index in [-0.39, 0.29) is 40.9 Å². The van der Waals surface area contributed by atoms with Gasteiger partial charge in [0.2, 0.25) is 10.0 Å². The predicted octanol–water partition coefficient (Wildman–Crippen LogP) is 3.05. The Balaban J connectivity index is 1.42. The predicted molar refractivity (Wildman–Crippen MR) is 147 cm³/mol. The monoisotopic (exact) mass is 593 g/mol. The van der Waals surface area contributed by atoms with Gasteiger partial charge in [-0.1, -0.05) is 29.3 Å². The summed E-state index contributed by atoms with van der Waals surface area (Å²) in [4.78, 5) is 13.2. The number of carbonyl (C=O) groups excluding carboxylic acids is 1. The fourth-order valence-electron chi connectivity index (χ4n) is 3.80. The summed E-state index contributed by atoms with van der Waals surface area (Å²) in [6.07, 6.45) is -1.12. The molecule has 1 amide bonds. The second-order valence-corrected chi connectivity index (χ2v) is 13.4. The van der Waals surface area contributed by atoms with Crippen molar-refractivity contribution in [2.24, 2.45) is 0 Å². The number of hydrogen-bond donors (Lipinski definition) is 1. The number of nitrogens with one attached hydrogen (secondary N) is 1. The third-order valence-electron chi connectivity index (χ3n) is 5.96. The van der Waals surface area contributed by atoms with Crippen LogP contribution in [0, 0.1) is 6.92 Å². The molecule has 0 saturated heterocycles. The van der Waals surface area contributed by atoms with Crippen LogP contribution in [0.25, 0.3) is 0 Å². The quantitative estimate of drug-likeness (QED) is 0.378. The number of fused-ring (bicyclic) bond motifs is 1. The molecular formula is C26H28ClN3O7S2. The summed E-state index contributed by atoms with van der Waals surface area (Å²) < 4.78 is 65.1. The molecular weight excluding hydrogens is 566 g/mol. The fraction of sp³-hybridized carbons (Fsp3) is 0.269. The van der Waals surface area contributed by atoms with Crippen LogP contribution in [0.3, 0.4) is 0 Å². The van der Waals surface area contributed by atoms with Crippen LogP contribution >= 0.6 is 11.6 Å². The van der Waals surface area contributed by atoms with E-state index in [1.54, 1.807) is 18.2 Å². The van der Waals surface area contributed by atoms with E-state index in [1.165, 1.54) is 62.6 Å². The van der Waals surface area contributed by atoms with Gasteiger partial charge in [-0.15, -0.1) is 0 Å². The SMILES string of the molecule is Cc1ccc(S(=O)(=O)N2CC(C(=O)NCCOc3ccc(S(=O)(=O)N(C)C)cc3)Oc3ccc(Cl)cc32)cc1. The van der Waals surface area contributed by atoms with E-state index in [2.05, 4.69) is 5.32 Å². The van der Waals surface area contributed by atoms with Crippen molar-refractivity contribution >= 4 is 43.2 Å². The average molecular weight is 594 g/mol. The summed E-state index contributed by atoms with van der Waals surface area (Å²) in [5.41, 5.74) is 1.16. The summed E-state index contributed by atoms with van der Waals surface area (Å²) >= 11 is 6.14. The normalized spacial score (nSPS) is 15.4. The fourth-order valence-corrected chi connectivity index (χ4v) is 6.34. The lowest BCUT2D eigenvalue weighted by atomic mass is 10.2. The molecule has 13 heteroatoms. The second kappa shape index (κ2) is 11.4. The van der Waals surface area contributed by atoms with E-state index >= 15 is 0 Å². The molecule has 0 bridgehead atoms. The van der Waals surface area contributed by atoms with Crippen LogP contribution in [-0.4, -0.2) is 66.9 Å². The smallest absolute Gasteiger partial charge is 0.264 e. The number of rotatable bonds is 9. The summed E-state index contributed by atoms with van der Waals surface area (Å²) in [6.45, 7) is 1.80. The number of benzene rings is 3. The number of amides is 1. The van der Waals surface area contributed by atoms with Crippen LogP contribution in [0.1, 0.15) is 5.56 Å². The number of aryl methyl sites for hydroxylation is 1. The van der Waals surface area contributed by atoms with Crippen LogP contribution in [0.5, 0.6) is 11.5 Å². The lowest BCUT2D eigenvalue weighted by molar-refractivity contribution is -0.127. The maximum Gasteiger partial charge on any atom is 0.264 e. The summed E-state index contributed by atoms with van der Waals surface area (Å²) in [7, 11) is -4.66. The third kappa shape index (κ3) is 6.30. The van der Waals surface area contributed by atoms with Crippen molar-refractivity contribution in [2.45, 2.75) is 22.8 Å². The molecule has 0 aromatic heterocycles. The standard InChI is InChI=1S/C26H28ClN3O7S2/c1-18-4-9-22(10-5-18)39(34,35)30-17-25(37-24-13-6-19(27)16-23(24)30)26(31)28-14-15-36-20-7-11-21(12-8-20)38(32,33)29(2)3/h4-13,16,25H,14-15,17H2,1-3H3,(H,28,31). The van der Waals surface area contributed by atoms with E-state index in [0.29, 0.717) is 10.8 Å². The number of anilines is 1. The summed E-state index contributed by atoms with van der Waals surface area (Å²) in [5.74, 6) is 0.123. The van der Waals surface area contributed by atoms with E-state index in [1.807, 2.05) is 6.92 Å². The molecule has 1 N–H and O–H groups in total. The van der Waals surface area contributed by atoms with Gasteiger partial charge in [0.1, 0.15) is 18.1 Å². The first kappa shape index (κ1) is 28.7. The van der Waals surface area contributed by atoms with Crippen molar-refractivity contribution in [1.82, 2.24) is 9.62 Å². The van der Waals surface area contributed by atoms with Crippen molar-refractivity contribution in [3.63, 3.8) is 0 Å². The highest BCUT2D eigenvalue weighted by atomic mass is 35.5. The van der Waals surface area contributed by atoms with Gasteiger partial charge in [0, 0.05) is 19.1 Å². The largest absolute Gasteiger partial charge is 0.492 e. The molecule has 1 aliphatic heterocycles. The number of halogens is 1. The minimum Gasteiger partial charge on any atom is -0.492 e. The van der Waals surface area contributed by atoms with Crippen LogP contribution < -0.4 is 19.1 Å². The molecule has 0 fully saturated rings. The molecule has 1 unspecified atom stereocenters. The molecule has 0 radical (unpaired) electrons. The first-order valence-corrected chi connectivity index (χ1v) is 15.1. The van der Waals surface area contributed by atoms with Crippen LogP contribution in [-0.2, 0) is 24.8 Å². The second-order valence-electron chi connectivity index (χ2n) is 8.97. The Morgan fingerprint density at radius 3 is 2.31 bits per heavy atom. The maximum absolute atomic E-state index is 13.5. The van der Waals surface area contributed by atoms with Crippen molar-refractivity contribution in [3.05, 3.63) is 77.3 Å². The minimum absolute atomic E-state index is 0.0814. The van der Waals surface area contributed by atoms with Gasteiger partial charge >= 0.3 is 0 Å². The Labute approximate surface area is 233 Å². The molecule has 1 heterocycles. The van der Waals surface area contributed by atoms with Gasteiger partial charge in [-0.05, 0) is 61.5 Å². The third-order valence-corrected chi connectivity index (χ3v) is 9.82. The zero-order chi connectivity index (χ0) is 28.4. The van der Waals surface area contributed by atoms with Crippen molar-refractivity contribution in [1.29, 1.82) is 0 Å². The number of carbonyl (C=O) groups is 1. The molecule has 10 nitrogen and oxygen atoms in total. The van der Waals surface area contributed by atoms with Gasteiger partial charge in [-0.25, -0.2) is 21.1 Å². The van der Waals surface area contributed by atoms with Crippen LogP contribution in [0.4, 0.5) is 5.69 Å². The molecule has 3 aromatic rings. The molecule has 4 rings (SSSR count). The average Bonchev–Trinajstić information content (AvgIpc) is 2.90. The molecule has 1 atom stereocenters. The Morgan fingerprint density at radius 1 is 1.03 bits per heavy atom. The molecule has 208 valence electrons. The molecule has 39 heavy (non-hydrogen) atoms. The van der Waals surface area contributed by atoms with Crippen molar-refractivity contribution in [3.8, 4) is 11.5 Å². The first-order valence-electron chi connectivity index (χ1n) is 11.9. The highest BCUT2D eigenvalue weighted by molar-refractivity contribution is 7.92. The van der Waals surface area contributed by atoms with Crippen molar-refractivity contribution < 1.29 is 31.1 Å². The van der Waals surface area contributed by atoms with Crippen LogP contribution in [0.15, 0.2) is 76.5 Å². The van der Waals surface area contributed by atoms with Crippen LogP contribution in [0.2, 0.25) is 5.02 Å². The van der Waals surface area contributed by atoms with Gasteiger partial charge in [-0.2, -0.15) is 0 Å². The Bertz CT molecular complexity index is 1560. The molecule has 0 aliphatic carbocycles. The number of sulfonamides is 2. The van der Waals surface area contributed by atoms with Gasteiger partial charge in [0.25, 0.3) is 15.9 Å². The Morgan fingerprint density at radius 2 is 1.67 bits per heavy atom. The number of hydrogen-bond acceptors (Lipinski definition) is 7. The minimum atomic E-state index is -4.01. The van der Waals surface area contributed by atoms with Gasteiger partial charge < -0.3 is 14.8 Å². The number of ether oxygens (including phenoxy) is 2. The Kier molecular flexibility index (Phi) is 8.40. The zero-order valence-electron chi connectivity index (χ0n) is 21.5. The Hall–Kier alpha value is -3.32. The van der Waals surface area contributed by atoms with E-state index < -0.39 is 32.1 Å². The van der Waals surface area contributed by atoms with E-state index in [4.69, 9.17) is 21.1 Å². The molecule has 1 aliphatic rings. The van der Waals surface area contributed by atoms with Gasteiger partial charge in [0.05, 0.1) is 28.6 Å². The lowest BCUT2D eigenvalue weighted by Gasteiger charge is -2.34. The maximum atomic E-state index is 13.5. The highest BCUT2D eigenvalue weighted by Gasteiger charge is 2.37. The van der Waals surface area contributed by atoms with E-state index in [9.17, 15) is 21.6 Å². The summed E-state index contributed by atoms with van der Waals surface area (Å²) in [6, 6.07) is 16.9. The van der Waals surface area contributed by atoms with Crippen molar-refractivity contribution in [2.75, 3.05) is 38.1 Å². The summed E-state index contributed by atoms with van der Waals surface area (Å²) in [5, 5.41) is 3.02. The molecule has 3 aromatic carbocycles. The first-order chi connectivity index (χ1) is 18.4. The van der Waals surface area contributed by atoms with E-state index in [0.717, 1.165) is 14.2 Å². The number of nitrogens with zero attached hydrogens (tertiary/aromatic N) is 2.